The minimum atomic E-state index is 0.177. The van der Waals surface area contributed by atoms with Gasteiger partial charge in [0.05, 0.1) is 30.0 Å². The summed E-state index contributed by atoms with van der Waals surface area (Å²) in [4.78, 5) is 13.2. The van der Waals surface area contributed by atoms with E-state index < -0.39 is 0 Å². The molecule has 3 aromatic rings. The molecule has 2 N–H and O–H groups in total. The van der Waals surface area contributed by atoms with Crippen LogP contribution < -0.4 is 15.4 Å². The molecule has 0 amide bonds. The molecule has 0 spiro atoms. The predicted octanol–water partition coefficient (Wildman–Crippen LogP) is 6.51. The van der Waals surface area contributed by atoms with Crippen LogP contribution in [0.5, 0.6) is 5.75 Å². The van der Waals surface area contributed by atoms with E-state index in [1.807, 2.05) is 6.07 Å². The van der Waals surface area contributed by atoms with E-state index in [0.29, 0.717) is 11.9 Å². The van der Waals surface area contributed by atoms with Crippen LogP contribution in [0.2, 0.25) is 0 Å². The third-order valence-electron chi connectivity index (χ3n) is 6.00. The van der Waals surface area contributed by atoms with E-state index in [2.05, 4.69) is 77.5 Å². The van der Waals surface area contributed by atoms with Crippen molar-refractivity contribution in [2.24, 2.45) is 11.3 Å². The fraction of sp³-hybridized carbons (Fsp3) is 0.423. The summed E-state index contributed by atoms with van der Waals surface area (Å²) in [5.74, 6) is 1.97. The van der Waals surface area contributed by atoms with Crippen LogP contribution in [0, 0.1) is 11.3 Å². The van der Waals surface area contributed by atoms with Gasteiger partial charge in [-0.1, -0.05) is 39.8 Å². The number of ether oxygens (including phenoxy) is 1. The zero-order chi connectivity index (χ0) is 22.6. The third-order valence-corrected chi connectivity index (χ3v) is 6.00. The van der Waals surface area contributed by atoms with Crippen LogP contribution in [0.25, 0.3) is 0 Å². The number of hydrogen-bond acceptors (Lipinski definition) is 6. The molecule has 2 heterocycles. The number of rotatable bonds is 8. The standard InChI is InChI=1S/C26H33N5O/c1-18(2)14-19-7-9-20(10-8-19)31-25-28-15-21(16-29-25)30-22-11-13-27-17-23(22)32-24-6-5-12-26(24,3)4/h7-11,13,15-18,24H,5-6,12,14H2,1-4H3,(H,27,30)(H,28,29,31). The van der Waals surface area contributed by atoms with E-state index >= 15 is 0 Å². The summed E-state index contributed by atoms with van der Waals surface area (Å²) in [6.45, 7) is 9.00. The fourth-order valence-corrected chi connectivity index (χ4v) is 4.18. The predicted molar refractivity (Wildman–Crippen MR) is 130 cm³/mol. The molecule has 6 nitrogen and oxygen atoms in total. The second kappa shape index (κ2) is 9.55. The van der Waals surface area contributed by atoms with E-state index in [0.717, 1.165) is 35.7 Å². The lowest BCUT2D eigenvalue weighted by Crippen LogP contribution is -2.29. The van der Waals surface area contributed by atoms with Gasteiger partial charge in [-0.3, -0.25) is 4.98 Å². The van der Waals surface area contributed by atoms with Gasteiger partial charge < -0.3 is 15.4 Å². The summed E-state index contributed by atoms with van der Waals surface area (Å²) in [6, 6.07) is 10.3. The Hall–Kier alpha value is -3.15. The SMILES string of the molecule is CC(C)Cc1ccc(Nc2ncc(Nc3ccncc3OC3CCCC3(C)C)cn2)cc1. The van der Waals surface area contributed by atoms with Crippen molar-refractivity contribution in [3.05, 3.63) is 60.7 Å². The molecule has 0 aliphatic heterocycles. The lowest BCUT2D eigenvalue weighted by atomic mass is 9.89. The monoisotopic (exact) mass is 431 g/mol. The number of pyridine rings is 1. The lowest BCUT2D eigenvalue weighted by Gasteiger charge is -2.28. The highest BCUT2D eigenvalue weighted by Gasteiger charge is 2.36. The maximum atomic E-state index is 6.35. The van der Waals surface area contributed by atoms with Crippen LogP contribution >= 0.6 is 0 Å². The van der Waals surface area contributed by atoms with Crippen LogP contribution in [-0.4, -0.2) is 21.1 Å². The quantitative estimate of drug-likeness (QED) is 0.423. The zero-order valence-electron chi connectivity index (χ0n) is 19.4. The topological polar surface area (TPSA) is 72.0 Å². The minimum Gasteiger partial charge on any atom is -0.486 e. The number of benzene rings is 1. The van der Waals surface area contributed by atoms with Crippen molar-refractivity contribution in [2.45, 2.75) is 59.5 Å². The molecule has 1 unspecified atom stereocenters. The number of aromatic nitrogens is 3. The van der Waals surface area contributed by atoms with Crippen molar-refractivity contribution in [1.29, 1.82) is 0 Å². The molecule has 168 valence electrons. The largest absolute Gasteiger partial charge is 0.486 e. The lowest BCUT2D eigenvalue weighted by molar-refractivity contribution is 0.104. The molecule has 1 fully saturated rings. The van der Waals surface area contributed by atoms with E-state index in [9.17, 15) is 0 Å². The van der Waals surface area contributed by atoms with Crippen molar-refractivity contribution < 1.29 is 4.74 Å². The van der Waals surface area contributed by atoms with Crippen molar-refractivity contribution in [2.75, 3.05) is 10.6 Å². The summed E-state index contributed by atoms with van der Waals surface area (Å²) < 4.78 is 6.35. The van der Waals surface area contributed by atoms with Gasteiger partial charge in [-0.25, -0.2) is 9.97 Å². The van der Waals surface area contributed by atoms with Gasteiger partial charge in [0.15, 0.2) is 5.75 Å². The minimum absolute atomic E-state index is 0.177. The first-order valence-corrected chi connectivity index (χ1v) is 11.4. The fourth-order valence-electron chi connectivity index (χ4n) is 4.18. The van der Waals surface area contributed by atoms with Gasteiger partial charge in [-0.05, 0) is 55.4 Å². The summed E-state index contributed by atoms with van der Waals surface area (Å²) in [6.07, 6.45) is 11.8. The Kier molecular flexibility index (Phi) is 6.58. The average Bonchev–Trinajstić information content (AvgIpc) is 3.10. The first kappa shape index (κ1) is 22.1. The second-order valence-electron chi connectivity index (χ2n) is 9.70. The Morgan fingerprint density at radius 2 is 1.75 bits per heavy atom. The number of nitrogens with zero attached hydrogens (tertiary/aromatic N) is 3. The van der Waals surface area contributed by atoms with E-state index in [4.69, 9.17) is 4.74 Å². The van der Waals surface area contributed by atoms with Gasteiger partial charge in [-0.2, -0.15) is 0 Å². The summed E-state index contributed by atoms with van der Waals surface area (Å²) >= 11 is 0. The van der Waals surface area contributed by atoms with Crippen molar-refractivity contribution in [3.8, 4) is 5.75 Å². The van der Waals surface area contributed by atoms with Gasteiger partial charge in [0, 0.05) is 17.3 Å². The molecule has 1 saturated carbocycles. The van der Waals surface area contributed by atoms with Crippen molar-refractivity contribution in [1.82, 2.24) is 15.0 Å². The Morgan fingerprint density at radius 1 is 1.00 bits per heavy atom. The van der Waals surface area contributed by atoms with Gasteiger partial charge in [-0.15, -0.1) is 0 Å². The normalized spacial score (nSPS) is 17.3. The van der Waals surface area contributed by atoms with Crippen molar-refractivity contribution in [3.63, 3.8) is 0 Å². The maximum absolute atomic E-state index is 6.35. The first-order chi connectivity index (χ1) is 15.4. The van der Waals surface area contributed by atoms with E-state index in [-0.39, 0.29) is 11.5 Å². The highest BCUT2D eigenvalue weighted by atomic mass is 16.5. The maximum Gasteiger partial charge on any atom is 0.227 e. The first-order valence-electron chi connectivity index (χ1n) is 11.4. The summed E-state index contributed by atoms with van der Waals surface area (Å²) in [7, 11) is 0. The average molecular weight is 432 g/mol. The molecule has 0 saturated heterocycles. The van der Waals surface area contributed by atoms with E-state index in [1.54, 1.807) is 24.8 Å². The molecule has 1 aromatic carbocycles. The van der Waals surface area contributed by atoms with Crippen LogP contribution in [0.4, 0.5) is 23.0 Å². The molecular formula is C26H33N5O. The Morgan fingerprint density at radius 3 is 2.41 bits per heavy atom. The summed E-state index contributed by atoms with van der Waals surface area (Å²) in [5.41, 5.74) is 4.15. The van der Waals surface area contributed by atoms with Gasteiger partial charge >= 0.3 is 0 Å². The smallest absolute Gasteiger partial charge is 0.227 e. The van der Waals surface area contributed by atoms with Gasteiger partial charge in [0.2, 0.25) is 5.95 Å². The molecule has 1 aliphatic carbocycles. The summed E-state index contributed by atoms with van der Waals surface area (Å²) in [5, 5.41) is 6.63. The highest BCUT2D eigenvalue weighted by Crippen LogP contribution is 2.41. The number of hydrogen-bond donors (Lipinski definition) is 2. The molecule has 1 aliphatic rings. The van der Waals surface area contributed by atoms with Crippen LogP contribution in [0.15, 0.2) is 55.1 Å². The zero-order valence-corrected chi connectivity index (χ0v) is 19.4. The third kappa shape index (κ3) is 5.55. The molecule has 32 heavy (non-hydrogen) atoms. The number of nitrogens with one attached hydrogen (secondary N) is 2. The van der Waals surface area contributed by atoms with Gasteiger partial charge in [0.25, 0.3) is 0 Å². The highest BCUT2D eigenvalue weighted by molar-refractivity contribution is 5.65. The van der Waals surface area contributed by atoms with Crippen LogP contribution in [-0.2, 0) is 6.42 Å². The van der Waals surface area contributed by atoms with Crippen LogP contribution in [0.3, 0.4) is 0 Å². The second-order valence-corrected chi connectivity index (χ2v) is 9.70. The van der Waals surface area contributed by atoms with Gasteiger partial charge in [0.1, 0.15) is 6.10 Å². The molecule has 2 aromatic heterocycles. The van der Waals surface area contributed by atoms with Crippen LogP contribution in [0.1, 0.15) is 52.5 Å². The molecule has 1 atom stereocenters. The Bertz CT molecular complexity index is 1020. The molecular weight excluding hydrogens is 398 g/mol. The molecule has 0 bridgehead atoms. The van der Waals surface area contributed by atoms with E-state index in [1.165, 1.54) is 18.4 Å². The number of anilines is 4. The molecule has 4 rings (SSSR count). The van der Waals surface area contributed by atoms with Crippen molar-refractivity contribution >= 4 is 23.0 Å². The molecule has 0 radical (unpaired) electrons. The Balaban J connectivity index is 1.40. The Labute approximate surface area is 190 Å². The molecule has 6 heteroatoms.